The van der Waals surface area contributed by atoms with Gasteiger partial charge in [0.05, 0.1) is 19.4 Å². The lowest BCUT2D eigenvalue weighted by Crippen LogP contribution is -2.31. The number of likely N-dealkylation sites (N-methyl/N-ethyl adjacent to an activating group) is 1. The molecule has 0 aliphatic rings. The van der Waals surface area contributed by atoms with Gasteiger partial charge in [-0.05, 0) is 44.3 Å². The van der Waals surface area contributed by atoms with Gasteiger partial charge in [0.25, 0.3) is 0 Å². The molecule has 1 atom stereocenters. The highest BCUT2D eigenvalue weighted by atomic mass is 16.5. The van der Waals surface area contributed by atoms with E-state index in [1.54, 1.807) is 0 Å². The van der Waals surface area contributed by atoms with Gasteiger partial charge >= 0.3 is 11.9 Å². The Morgan fingerprint density at radius 2 is 1.46 bits per heavy atom. The maximum atomic E-state index is 9.64. The summed E-state index contributed by atoms with van der Waals surface area (Å²) in [6, 6.07) is 14.4. The first-order valence-corrected chi connectivity index (χ1v) is 8.94. The van der Waals surface area contributed by atoms with E-state index >= 15 is 0 Å². The minimum Gasteiger partial charge on any atom is -0.481 e. The zero-order valence-corrected chi connectivity index (χ0v) is 16.5. The van der Waals surface area contributed by atoms with E-state index in [1.807, 2.05) is 42.7 Å². The van der Waals surface area contributed by atoms with Crippen molar-refractivity contribution >= 4 is 11.9 Å². The highest BCUT2D eigenvalue weighted by Crippen LogP contribution is 2.32. The van der Waals surface area contributed by atoms with Crippen LogP contribution in [0.1, 0.15) is 30.9 Å². The van der Waals surface area contributed by atoms with E-state index in [0.29, 0.717) is 6.61 Å². The fourth-order valence-corrected chi connectivity index (χ4v) is 2.41. The van der Waals surface area contributed by atoms with E-state index in [9.17, 15) is 9.59 Å². The molecule has 2 N–H and O–H groups in total. The third kappa shape index (κ3) is 8.28. The Kier molecular flexibility index (Phi) is 9.84. The molecule has 7 nitrogen and oxygen atoms in total. The van der Waals surface area contributed by atoms with Crippen molar-refractivity contribution in [3.63, 3.8) is 0 Å². The number of carboxylic acid groups (broad SMARTS) is 2. The molecule has 1 heterocycles. The van der Waals surface area contributed by atoms with Crippen LogP contribution in [-0.4, -0.2) is 59.3 Å². The maximum absolute atomic E-state index is 9.64. The molecule has 1 aromatic heterocycles. The molecule has 1 aromatic carbocycles. The number of carboxylic acids is 2. The van der Waals surface area contributed by atoms with Crippen molar-refractivity contribution in [3.05, 3.63) is 66.0 Å². The van der Waals surface area contributed by atoms with Crippen LogP contribution in [0.4, 0.5) is 0 Å². The number of benzene rings is 1. The molecule has 2 rings (SSSR count). The standard InChI is InChI=1S/C17H22N2O.C4H6O4/c1-17(20-14-13-19(2)3,15-7-5-4-6-8-15)16-9-11-18-12-10-16;5-3(6)1-2-4(7)8/h4-12H,13-14H2,1-3H3;1-2H2,(H,5,6)(H,7,8). The predicted octanol–water partition coefficient (Wildman–Crippen LogP) is 2.86. The molecule has 152 valence electrons. The van der Waals surface area contributed by atoms with Crippen molar-refractivity contribution in [3.8, 4) is 0 Å². The summed E-state index contributed by atoms with van der Waals surface area (Å²) in [6.07, 6.45) is 3.03. The second kappa shape index (κ2) is 11.8. The maximum Gasteiger partial charge on any atom is 0.303 e. The second-order valence-corrected chi connectivity index (χ2v) is 6.57. The molecule has 2 aromatic rings. The van der Waals surface area contributed by atoms with Crippen LogP contribution in [0.25, 0.3) is 0 Å². The van der Waals surface area contributed by atoms with Crippen molar-refractivity contribution in [2.24, 2.45) is 0 Å². The number of rotatable bonds is 9. The van der Waals surface area contributed by atoms with Crippen LogP contribution in [0, 0.1) is 0 Å². The Balaban J connectivity index is 0.000000416. The minimum atomic E-state index is -1.08. The molecule has 7 heteroatoms. The van der Waals surface area contributed by atoms with Crippen molar-refractivity contribution in [1.82, 2.24) is 9.88 Å². The van der Waals surface area contributed by atoms with E-state index in [-0.39, 0.29) is 12.8 Å². The van der Waals surface area contributed by atoms with E-state index < -0.39 is 17.5 Å². The summed E-state index contributed by atoms with van der Waals surface area (Å²) >= 11 is 0. The number of carbonyl (C=O) groups is 2. The largest absolute Gasteiger partial charge is 0.481 e. The topological polar surface area (TPSA) is 100.0 Å². The molecule has 0 aliphatic carbocycles. The van der Waals surface area contributed by atoms with Crippen molar-refractivity contribution < 1.29 is 24.5 Å². The SMILES string of the molecule is CN(C)CCOC(C)(c1ccccc1)c1ccncc1.O=C(O)CCC(=O)O. The Labute approximate surface area is 165 Å². The molecule has 0 bridgehead atoms. The smallest absolute Gasteiger partial charge is 0.303 e. The van der Waals surface area contributed by atoms with Gasteiger partial charge in [0.15, 0.2) is 0 Å². The van der Waals surface area contributed by atoms with Gasteiger partial charge in [-0.1, -0.05) is 30.3 Å². The molecule has 0 aliphatic heterocycles. The van der Waals surface area contributed by atoms with Crippen LogP contribution in [0.5, 0.6) is 0 Å². The Bertz CT molecular complexity index is 667. The Morgan fingerprint density at radius 1 is 0.964 bits per heavy atom. The van der Waals surface area contributed by atoms with Gasteiger partial charge in [0.2, 0.25) is 0 Å². The summed E-state index contributed by atoms with van der Waals surface area (Å²) < 4.78 is 6.24. The van der Waals surface area contributed by atoms with Crippen LogP contribution in [-0.2, 0) is 19.9 Å². The number of aliphatic carboxylic acids is 2. The molecule has 0 saturated heterocycles. The molecule has 28 heavy (non-hydrogen) atoms. The first kappa shape index (κ1) is 23.3. The predicted molar refractivity (Wildman–Crippen MR) is 106 cm³/mol. The minimum absolute atomic E-state index is 0.296. The monoisotopic (exact) mass is 388 g/mol. The zero-order valence-electron chi connectivity index (χ0n) is 16.5. The van der Waals surface area contributed by atoms with Gasteiger partial charge < -0.3 is 19.8 Å². The van der Waals surface area contributed by atoms with E-state index in [2.05, 4.69) is 43.0 Å². The van der Waals surface area contributed by atoms with E-state index in [4.69, 9.17) is 14.9 Å². The van der Waals surface area contributed by atoms with Gasteiger partial charge in [-0.25, -0.2) is 0 Å². The van der Waals surface area contributed by atoms with Crippen molar-refractivity contribution in [2.75, 3.05) is 27.2 Å². The fraction of sp³-hybridized carbons (Fsp3) is 0.381. The quantitative estimate of drug-likeness (QED) is 0.681. The van der Waals surface area contributed by atoms with Gasteiger partial charge in [-0.3, -0.25) is 14.6 Å². The summed E-state index contributed by atoms with van der Waals surface area (Å²) in [5.74, 6) is -2.15. The number of nitrogens with zero attached hydrogens (tertiary/aromatic N) is 2. The first-order chi connectivity index (χ1) is 13.3. The second-order valence-electron chi connectivity index (χ2n) is 6.57. The van der Waals surface area contributed by atoms with Gasteiger partial charge in [-0.2, -0.15) is 0 Å². The molecule has 0 saturated carbocycles. The zero-order chi connectivity index (χ0) is 21.0. The normalized spacial score (nSPS) is 12.6. The summed E-state index contributed by atoms with van der Waals surface area (Å²) in [6.45, 7) is 3.70. The average molecular weight is 388 g/mol. The number of ether oxygens (including phenoxy) is 1. The lowest BCUT2D eigenvalue weighted by molar-refractivity contribution is -0.143. The van der Waals surface area contributed by atoms with Crippen LogP contribution in [0.2, 0.25) is 0 Å². The van der Waals surface area contributed by atoms with Crippen LogP contribution in [0.15, 0.2) is 54.9 Å². The third-order valence-electron chi connectivity index (χ3n) is 4.04. The summed E-state index contributed by atoms with van der Waals surface area (Å²) in [5, 5.41) is 15.8. The van der Waals surface area contributed by atoms with Gasteiger partial charge in [-0.15, -0.1) is 0 Å². The number of pyridine rings is 1. The highest BCUT2D eigenvalue weighted by molar-refractivity contribution is 5.75. The summed E-state index contributed by atoms with van der Waals surface area (Å²) in [5.41, 5.74) is 1.84. The van der Waals surface area contributed by atoms with E-state index in [0.717, 1.165) is 17.7 Å². The van der Waals surface area contributed by atoms with E-state index in [1.165, 1.54) is 0 Å². The van der Waals surface area contributed by atoms with Gasteiger partial charge in [0.1, 0.15) is 5.60 Å². The lowest BCUT2D eigenvalue weighted by Gasteiger charge is -2.31. The number of hydrogen-bond acceptors (Lipinski definition) is 5. The summed E-state index contributed by atoms with van der Waals surface area (Å²) in [7, 11) is 4.10. The number of hydrogen-bond donors (Lipinski definition) is 2. The molecule has 0 amide bonds. The Hall–Kier alpha value is -2.77. The highest BCUT2D eigenvalue weighted by Gasteiger charge is 2.29. The van der Waals surface area contributed by atoms with Crippen LogP contribution in [0.3, 0.4) is 0 Å². The molecule has 0 fully saturated rings. The first-order valence-electron chi connectivity index (χ1n) is 8.94. The molecule has 0 radical (unpaired) electrons. The Morgan fingerprint density at radius 3 is 1.93 bits per heavy atom. The fourth-order valence-electron chi connectivity index (χ4n) is 2.41. The van der Waals surface area contributed by atoms with Crippen LogP contribution < -0.4 is 0 Å². The molecule has 1 unspecified atom stereocenters. The molecular formula is C21H28N2O5. The molecular weight excluding hydrogens is 360 g/mol. The average Bonchev–Trinajstić information content (AvgIpc) is 2.68. The third-order valence-corrected chi connectivity index (χ3v) is 4.04. The van der Waals surface area contributed by atoms with Crippen molar-refractivity contribution in [1.29, 1.82) is 0 Å². The van der Waals surface area contributed by atoms with Gasteiger partial charge in [0, 0.05) is 18.9 Å². The summed E-state index contributed by atoms with van der Waals surface area (Å²) in [4.78, 5) is 25.5. The van der Waals surface area contributed by atoms with Crippen molar-refractivity contribution in [2.45, 2.75) is 25.4 Å². The molecule has 0 spiro atoms. The lowest BCUT2D eigenvalue weighted by atomic mass is 9.88. The van der Waals surface area contributed by atoms with Crippen LogP contribution >= 0.6 is 0 Å². The number of aromatic nitrogens is 1.